The fourth-order valence-corrected chi connectivity index (χ4v) is 4.23. The minimum Gasteiger partial charge on any atom is -0.279 e. The van der Waals surface area contributed by atoms with Crippen LogP contribution >= 0.6 is 0 Å². The molecule has 0 radical (unpaired) electrons. The number of aryl methyl sites for hydroxylation is 2. The SMILES string of the molecule is Cc1ccc(NS(=O)(=O)c2cccc(C(=O)NNC(=O)/C(C#N)=C/c3ccccc3)c2)c(C)c1. The van der Waals surface area contributed by atoms with Crippen LogP contribution < -0.4 is 15.6 Å². The van der Waals surface area contributed by atoms with Gasteiger partial charge >= 0.3 is 0 Å². The molecule has 3 aromatic carbocycles. The fraction of sp³-hybridized carbons (Fsp3) is 0.0800. The van der Waals surface area contributed by atoms with Crippen molar-refractivity contribution in [1.29, 1.82) is 5.26 Å². The molecular formula is C25H22N4O4S. The Balaban J connectivity index is 1.71. The first-order valence-electron chi connectivity index (χ1n) is 10.2. The standard InChI is InChI=1S/C25H22N4O4S/c1-17-11-12-23(18(2)13-17)29-34(32,33)22-10-6-9-20(15-22)24(30)27-28-25(31)21(16-26)14-19-7-4-3-5-8-19/h3-15,29H,1-2H3,(H,27,30)(H,28,31)/b21-14+. The molecule has 172 valence electrons. The Kier molecular flexibility index (Phi) is 7.46. The number of hydrazine groups is 1. The second-order valence-corrected chi connectivity index (χ2v) is 9.12. The number of nitrogens with zero attached hydrogens (tertiary/aromatic N) is 1. The lowest BCUT2D eigenvalue weighted by Gasteiger charge is -2.12. The van der Waals surface area contributed by atoms with Crippen molar-refractivity contribution in [2.24, 2.45) is 0 Å². The molecule has 0 heterocycles. The van der Waals surface area contributed by atoms with E-state index in [9.17, 15) is 23.3 Å². The number of anilines is 1. The predicted octanol–water partition coefficient (Wildman–Crippen LogP) is 3.47. The first-order chi connectivity index (χ1) is 16.2. The van der Waals surface area contributed by atoms with Gasteiger partial charge in [0, 0.05) is 5.56 Å². The zero-order chi connectivity index (χ0) is 24.7. The Labute approximate surface area is 198 Å². The summed E-state index contributed by atoms with van der Waals surface area (Å²) in [5, 5.41) is 9.26. The van der Waals surface area contributed by atoms with Gasteiger partial charge in [-0.1, -0.05) is 54.1 Å². The van der Waals surface area contributed by atoms with Gasteiger partial charge in [-0.2, -0.15) is 5.26 Å². The van der Waals surface area contributed by atoms with Crippen molar-refractivity contribution >= 4 is 33.6 Å². The zero-order valence-electron chi connectivity index (χ0n) is 18.5. The second-order valence-electron chi connectivity index (χ2n) is 7.44. The van der Waals surface area contributed by atoms with E-state index in [0.717, 1.165) is 11.1 Å². The van der Waals surface area contributed by atoms with Crippen LogP contribution in [0.5, 0.6) is 0 Å². The van der Waals surface area contributed by atoms with Crippen LogP contribution in [0.25, 0.3) is 6.08 Å². The molecular weight excluding hydrogens is 452 g/mol. The van der Waals surface area contributed by atoms with Crippen LogP contribution in [0.15, 0.2) is 83.3 Å². The highest BCUT2D eigenvalue weighted by Gasteiger charge is 2.18. The van der Waals surface area contributed by atoms with E-state index in [0.29, 0.717) is 11.3 Å². The maximum atomic E-state index is 12.8. The number of hydrogen-bond donors (Lipinski definition) is 3. The van der Waals surface area contributed by atoms with E-state index in [1.807, 2.05) is 13.0 Å². The van der Waals surface area contributed by atoms with Crippen molar-refractivity contribution in [2.75, 3.05) is 4.72 Å². The lowest BCUT2D eigenvalue weighted by atomic mass is 10.1. The number of hydrogen-bond acceptors (Lipinski definition) is 5. The highest BCUT2D eigenvalue weighted by molar-refractivity contribution is 7.92. The Hall–Kier alpha value is -4.42. The average Bonchev–Trinajstić information content (AvgIpc) is 2.83. The maximum Gasteiger partial charge on any atom is 0.280 e. The number of carbonyl (C=O) groups is 2. The molecule has 0 aliphatic carbocycles. The molecule has 3 rings (SSSR count). The molecule has 0 saturated heterocycles. The van der Waals surface area contributed by atoms with Gasteiger partial charge in [-0.15, -0.1) is 0 Å². The second kappa shape index (κ2) is 10.5. The molecule has 3 aromatic rings. The van der Waals surface area contributed by atoms with Crippen LogP contribution in [0.3, 0.4) is 0 Å². The van der Waals surface area contributed by atoms with Crippen molar-refractivity contribution < 1.29 is 18.0 Å². The molecule has 0 aliphatic heterocycles. The van der Waals surface area contributed by atoms with Crippen LogP contribution in [0.1, 0.15) is 27.0 Å². The molecule has 8 nitrogen and oxygen atoms in total. The van der Waals surface area contributed by atoms with Crippen molar-refractivity contribution in [1.82, 2.24) is 10.9 Å². The predicted molar refractivity (Wildman–Crippen MR) is 129 cm³/mol. The topological polar surface area (TPSA) is 128 Å². The molecule has 9 heteroatoms. The number of nitriles is 1. The van der Waals surface area contributed by atoms with Crippen molar-refractivity contribution in [3.8, 4) is 6.07 Å². The third-order valence-corrected chi connectivity index (χ3v) is 6.16. The van der Waals surface area contributed by atoms with Crippen LogP contribution in [0.4, 0.5) is 5.69 Å². The lowest BCUT2D eigenvalue weighted by molar-refractivity contribution is -0.117. The lowest BCUT2D eigenvalue weighted by Crippen LogP contribution is -2.42. The highest BCUT2D eigenvalue weighted by Crippen LogP contribution is 2.21. The van der Waals surface area contributed by atoms with Crippen molar-refractivity contribution in [3.63, 3.8) is 0 Å². The average molecular weight is 475 g/mol. The van der Waals surface area contributed by atoms with Crippen LogP contribution in [-0.4, -0.2) is 20.2 Å². The van der Waals surface area contributed by atoms with E-state index in [-0.39, 0.29) is 16.0 Å². The molecule has 3 N–H and O–H groups in total. The highest BCUT2D eigenvalue weighted by atomic mass is 32.2. The Morgan fingerprint density at radius 2 is 1.65 bits per heavy atom. The number of sulfonamides is 1. The summed E-state index contributed by atoms with van der Waals surface area (Å²) in [4.78, 5) is 24.7. The molecule has 0 spiro atoms. The number of rotatable bonds is 6. The van der Waals surface area contributed by atoms with Gasteiger partial charge in [0.15, 0.2) is 0 Å². The van der Waals surface area contributed by atoms with Gasteiger partial charge in [-0.25, -0.2) is 8.42 Å². The van der Waals surface area contributed by atoms with Crippen molar-refractivity contribution in [2.45, 2.75) is 18.7 Å². The van der Waals surface area contributed by atoms with Crippen molar-refractivity contribution in [3.05, 3.63) is 101 Å². The Morgan fingerprint density at radius 1 is 0.912 bits per heavy atom. The smallest absolute Gasteiger partial charge is 0.279 e. The number of amides is 2. The fourth-order valence-electron chi connectivity index (χ4n) is 3.05. The summed E-state index contributed by atoms with van der Waals surface area (Å²) in [7, 11) is -3.96. The Morgan fingerprint density at radius 3 is 2.32 bits per heavy atom. The minimum absolute atomic E-state index is 0.00866. The Bertz CT molecular complexity index is 1410. The zero-order valence-corrected chi connectivity index (χ0v) is 19.3. The molecule has 0 aliphatic rings. The summed E-state index contributed by atoms with van der Waals surface area (Å²) in [5.41, 5.74) is 7.01. The van der Waals surface area contributed by atoms with E-state index in [1.165, 1.54) is 30.3 Å². The summed E-state index contributed by atoms with van der Waals surface area (Å²) >= 11 is 0. The van der Waals surface area contributed by atoms with Gasteiger partial charge in [-0.05, 0) is 55.3 Å². The van der Waals surface area contributed by atoms with Gasteiger partial charge in [0.1, 0.15) is 11.6 Å². The molecule has 0 bridgehead atoms. The van der Waals surface area contributed by atoms with E-state index in [4.69, 9.17) is 0 Å². The molecule has 0 atom stereocenters. The third kappa shape index (κ3) is 6.09. The number of benzene rings is 3. The summed E-state index contributed by atoms with van der Waals surface area (Å²) in [5.74, 6) is -1.55. The molecule has 0 aromatic heterocycles. The summed E-state index contributed by atoms with van der Waals surface area (Å²) in [6.45, 7) is 3.70. The van der Waals surface area contributed by atoms with E-state index < -0.39 is 21.8 Å². The minimum atomic E-state index is -3.96. The largest absolute Gasteiger partial charge is 0.280 e. The van der Waals surface area contributed by atoms with Crippen LogP contribution in [0.2, 0.25) is 0 Å². The van der Waals surface area contributed by atoms with E-state index in [2.05, 4.69) is 15.6 Å². The first kappa shape index (κ1) is 24.2. The van der Waals surface area contributed by atoms with Gasteiger partial charge in [0.05, 0.1) is 10.6 Å². The molecule has 0 saturated carbocycles. The molecule has 0 unspecified atom stereocenters. The number of carbonyl (C=O) groups excluding carboxylic acids is 2. The van der Waals surface area contributed by atoms with Gasteiger partial charge in [-0.3, -0.25) is 25.2 Å². The normalized spacial score (nSPS) is 11.3. The van der Waals surface area contributed by atoms with Crippen LogP contribution in [0, 0.1) is 25.2 Å². The molecule has 0 fully saturated rings. The quantitative estimate of drug-likeness (QED) is 0.286. The van der Waals surface area contributed by atoms with E-state index >= 15 is 0 Å². The maximum absolute atomic E-state index is 12.8. The third-order valence-electron chi connectivity index (χ3n) is 4.80. The van der Waals surface area contributed by atoms with Gasteiger partial charge < -0.3 is 0 Å². The first-order valence-corrected chi connectivity index (χ1v) is 11.7. The van der Waals surface area contributed by atoms with E-state index in [1.54, 1.807) is 55.5 Å². The molecule has 2 amide bonds. The number of nitrogens with one attached hydrogen (secondary N) is 3. The monoisotopic (exact) mass is 474 g/mol. The summed E-state index contributed by atoms with van der Waals surface area (Å²) < 4.78 is 28.2. The summed E-state index contributed by atoms with van der Waals surface area (Å²) in [6.07, 6.45) is 1.38. The van der Waals surface area contributed by atoms with Crippen LogP contribution in [-0.2, 0) is 14.8 Å². The summed E-state index contributed by atoms with van der Waals surface area (Å²) in [6, 6.07) is 21.2. The van der Waals surface area contributed by atoms with Gasteiger partial charge in [0.25, 0.3) is 21.8 Å². The van der Waals surface area contributed by atoms with Gasteiger partial charge in [0.2, 0.25) is 0 Å². The molecule has 34 heavy (non-hydrogen) atoms.